The van der Waals surface area contributed by atoms with Crippen molar-refractivity contribution in [1.29, 1.82) is 0 Å². The van der Waals surface area contributed by atoms with Crippen molar-refractivity contribution in [3.05, 3.63) is 48.2 Å². The summed E-state index contributed by atoms with van der Waals surface area (Å²) in [7, 11) is 0. The van der Waals surface area contributed by atoms with Crippen molar-refractivity contribution in [2.24, 2.45) is 0 Å². The minimum atomic E-state index is 0.182. The van der Waals surface area contributed by atoms with E-state index >= 15 is 0 Å². The number of anilines is 2. The average Bonchev–Trinajstić information content (AvgIpc) is 2.49. The minimum absolute atomic E-state index is 0.182. The highest BCUT2D eigenvalue weighted by molar-refractivity contribution is 5.40. The van der Waals surface area contributed by atoms with Crippen LogP contribution < -0.4 is 10.6 Å². The van der Waals surface area contributed by atoms with Crippen molar-refractivity contribution in [3.63, 3.8) is 0 Å². The zero-order valence-electron chi connectivity index (χ0n) is 12.1. The predicted octanol–water partition coefficient (Wildman–Crippen LogP) is 3.86. The fraction of sp³-hybridized carbons (Fsp3) is 0.375. The Morgan fingerprint density at radius 2 is 1.95 bits per heavy atom. The summed E-state index contributed by atoms with van der Waals surface area (Å²) >= 11 is 0. The predicted molar refractivity (Wildman–Crippen MR) is 83.9 cm³/mol. The second-order valence-electron chi connectivity index (χ2n) is 4.82. The zero-order valence-corrected chi connectivity index (χ0v) is 12.1. The van der Waals surface area contributed by atoms with Crippen LogP contribution in [0.4, 0.5) is 11.8 Å². The van der Waals surface area contributed by atoms with E-state index in [1.165, 1.54) is 12.0 Å². The van der Waals surface area contributed by atoms with Crippen LogP contribution in [0.25, 0.3) is 0 Å². The third-order valence-electron chi connectivity index (χ3n) is 3.14. The van der Waals surface area contributed by atoms with Crippen molar-refractivity contribution in [2.45, 2.75) is 32.7 Å². The first-order valence-corrected chi connectivity index (χ1v) is 7.18. The van der Waals surface area contributed by atoms with E-state index in [1.54, 1.807) is 6.20 Å². The molecular formula is C16H22N4. The topological polar surface area (TPSA) is 49.8 Å². The van der Waals surface area contributed by atoms with Gasteiger partial charge in [-0.1, -0.05) is 43.7 Å². The molecule has 1 aromatic carbocycles. The molecule has 0 saturated heterocycles. The van der Waals surface area contributed by atoms with Gasteiger partial charge in [-0.3, -0.25) is 0 Å². The molecule has 4 nitrogen and oxygen atoms in total. The van der Waals surface area contributed by atoms with Crippen molar-refractivity contribution in [2.75, 3.05) is 17.2 Å². The highest BCUT2D eigenvalue weighted by Crippen LogP contribution is 2.16. The van der Waals surface area contributed by atoms with Gasteiger partial charge in [-0.15, -0.1) is 0 Å². The van der Waals surface area contributed by atoms with Gasteiger partial charge in [0.15, 0.2) is 0 Å². The lowest BCUT2D eigenvalue weighted by atomic mass is 10.1. The summed E-state index contributed by atoms with van der Waals surface area (Å²) in [6, 6.07) is 12.4. The molecule has 1 unspecified atom stereocenters. The van der Waals surface area contributed by atoms with Gasteiger partial charge in [0.05, 0.1) is 6.04 Å². The summed E-state index contributed by atoms with van der Waals surface area (Å²) in [4.78, 5) is 8.75. The highest BCUT2D eigenvalue weighted by atomic mass is 15.1. The summed E-state index contributed by atoms with van der Waals surface area (Å²) in [6.07, 6.45) is 4.10. The van der Waals surface area contributed by atoms with Gasteiger partial charge < -0.3 is 10.6 Å². The molecule has 2 rings (SSSR count). The Hall–Kier alpha value is -2.10. The van der Waals surface area contributed by atoms with Crippen LogP contribution in [0.2, 0.25) is 0 Å². The van der Waals surface area contributed by atoms with E-state index in [0.29, 0.717) is 5.95 Å². The van der Waals surface area contributed by atoms with Gasteiger partial charge in [0, 0.05) is 12.7 Å². The maximum absolute atomic E-state index is 4.48. The van der Waals surface area contributed by atoms with Crippen LogP contribution >= 0.6 is 0 Å². The SMILES string of the molecule is CCCCNc1ccnc(NC(C)c2ccccc2)n1. The molecule has 0 amide bonds. The van der Waals surface area contributed by atoms with E-state index in [0.717, 1.165) is 18.8 Å². The number of benzene rings is 1. The first-order valence-electron chi connectivity index (χ1n) is 7.18. The second-order valence-corrected chi connectivity index (χ2v) is 4.82. The molecule has 0 fully saturated rings. The minimum Gasteiger partial charge on any atom is -0.370 e. The van der Waals surface area contributed by atoms with Crippen LogP contribution in [0, 0.1) is 0 Å². The molecule has 20 heavy (non-hydrogen) atoms. The van der Waals surface area contributed by atoms with Crippen LogP contribution in [0.15, 0.2) is 42.6 Å². The molecule has 0 saturated carbocycles. The molecule has 1 heterocycles. The second kappa shape index (κ2) is 7.48. The third-order valence-corrected chi connectivity index (χ3v) is 3.14. The fourth-order valence-electron chi connectivity index (χ4n) is 1.94. The lowest BCUT2D eigenvalue weighted by Gasteiger charge is -2.14. The van der Waals surface area contributed by atoms with Crippen molar-refractivity contribution in [1.82, 2.24) is 9.97 Å². The number of nitrogens with one attached hydrogen (secondary N) is 2. The maximum Gasteiger partial charge on any atom is 0.225 e. The molecule has 4 heteroatoms. The van der Waals surface area contributed by atoms with E-state index < -0.39 is 0 Å². The smallest absolute Gasteiger partial charge is 0.225 e. The summed E-state index contributed by atoms with van der Waals surface area (Å²) in [6.45, 7) is 5.23. The van der Waals surface area contributed by atoms with E-state index in [4.69, 9.17) is 0 Å². The highest BCUT2D eigenvalue weighted by Gasteiger charge is 2.06. The lowest BCUT2D eigenvalue weighted by Crippen LogP contribution is -2.11. The molecule has 0 spiro atoms. The first-order chi connectivity index (χ1) is 9.79. The van der Waals surface area contributed by atoms with Crippen LogP contribution in [0.1, 0.15) is 38.3 Å². The van der Waals surface area contributed by atoms with Crippen molar-refractivity contribution < 1.29 is 0 Å². The molecular weight excluding hydrogens is 248 g/mol. The summed E-state index contributed by atoms with van der Waals surface area (Å²) in [5, 5.41) is 6.63. The third kappa shape index (κ3) is 4.23. The molecule has 2 N–H and O–H groups in total. The van der Waals surface area contributed by atoms with Crippen molar-refractivity contribution in [3.8, 4) is 0 Å². The summed E-state index contributed by atoms with van der Waals surface area (Å²) in [5.41, 5.74) is 1.22. The Morgan fingerprint density at radius 1 is 1.15 bits per heavy atom. The number of rotatable bonds is 7. The zero-order chi connectivity index (χ0) is 14.2. The van der Waals surface area contributed by atoms with Gasteiger partial charge in [-0.2, -0.15) is 4.98 Å². The van der Waals surface area contributed by atoms with E-state index in [-0.39, 0.29) is 6.04 Å². The standard InChI is InChI=1S/C16H22N4/c1-3-4-11-17-15-10-12-18-16(20-15)19-13(2)14-8-6-5-7-9-14/h5-10,12-13H,3-4,11H2,1-2H3,(H2,17,18,19,20). The van der Waals surface area contributed by atoms with E-state index in [9.17, 15) is 0 Å². The van der Waals surface area contributed by atoms with Gasteiger partial charge in [0.25, 0.3) is 0 Å². The molecule has 0 bridgehead atoms. The number of unbranched alkanes of at least 4 members (excludes halogenated alkanes) is 1. The van der Waals surface area contributed by atoms with Crippen LogP contribution in [0.3, 0.4) is 0 Å². The molecule has 106 valence electrons. The Bertz CT molecular complexity index is 513. The summed E-state index contributed by atoms with van der Waals surface area (Å²) < 4.78 is 0. The van der Waals surface area contributed by atoms with E-state index in [1.807, 2.05) is 24.3 Å². The monoisotopic (exact) mass is 270 g/mol. The van der Waals surface area contributed by atoms with Crippen LogP contribution in [0.5, 0.6) is 0 Å². The average molecular weight is 270 g/mol. The molecule has 0 radical (unpaired) electrons. The largest absolute Gasteiger partial charge is 0.370 e. The lowest BCUT2D eigenvalue weighted by molar-refractivity contribution is 0.827. The van der Waals surface area contributed by atoms with E-state index in [2.05, 4.69) is 46.6 Å². The van der Waals surface area contributed by atoms with Gasteiger partial charge in [-0.25, -0.2) is 4.98 Å². The molecule has 2 aromatic rings. The van der Waals surface area contributed by atoms with Crippen molar-refractivity contribution >= 4 is 11.8 Å². The first kappa shape index (κ1) is 14.3. The Kier molecular flexibility index (Phi) is 5.35. The number of hydrogen-bond acceptors (Lipinski definition) is 4. The van der Waals surface area contributed by atoms with Gasteiger partial charge >= 0.3 is 0 Å². The van der Waals surface area contributed by atoms with Gasteiger partial charge in [0.1, 0.15) is 5.82 Å². The Labute approximate surface area is 120 Å². The van der Waals surface area contributed by atoms with Crippen LogP contribution in [-0.2, 0) is 0 Å². The number of nitrogens with zero attached hydrogens (tertiary/aromatic N) is 2. The molecule has 0 aliphatic carbocycles. The molecule has 0 aliphatic heterocycles. The quantitative estimate of drug-likeness (QED) is 0.750. The normalized spacial score (nSPS) is 11.9. The fourth-order valence-corrected chi connectivity index (χ4v) is 1.94. The Balaban J connectivity index is 1.97. The summed E-state index contributed by atoms with van der Waals surface area (Å²) in [5.74, 6) is 1.53. The molecule has 1 aromatic heterocycles. The number of aromatic nitrogens is 2. The maximum atomic E-state index is 4.48. The Morgan fingerprint density at radius 3 is 2.70 bits per heavy atom. The number of hydrogen-bond donors (Lipinski definition) is 2. The molecule has 1 atom stereocenters. The van der Waals surface area contributed by atoms with Gasteiger partial charge in [0.2, 0.25) is 5.95 Å². The van der Waals surface area contributed by atoms with Gasteiger partial charge in [-0.05, 0) is 25.0 Å². The van der Waals surface area contributed by atoms with Crippen LogP contribution in [-0.4, -0.2) is 16.5 Å². The molecule has 0 aliphatic rings.